The smallest absolute Gasteiger partial charge is 0.406 e. The van der Waals surface area contributed by atoms with E-state index in [2.05, 4.69) is 15.7 Å². The fourth-order valence-corrected chi connectivity index (χ4v) is 3.90. The highest BCUT2D eigenvalue weighted by molar-refractivity contribution is 6.31. The molecule has 4 rings (SSSR count). The minimum atomic E-state index is -0.624. The molecule has 2 aliphatic rings. The minimum Gasteiger partial charge on any atom is -0.447 e. The van der Waals surface area contributed by atoms with Gasteiger partial charge in [-0.1, -0.05) is 11.6 Å². The third-order valence-corrected chi connectivity index (χ3v) is 5.63. The van der Waals surface area contributed by atoms with E-state index in [4.69, 9.17) is 21.2 Å². The molecule has 0 spiro atoms. The molecule has 4 amide bonds. The van der Waals surface area contributed by atoms with Gasteiger partial charge in [-0.2, -0.15) is 5.10 Å². The van der Waals surface area contributed by atoms with Gasteiger partial charge >= 0.3 is 12.1 Å². The van der Waals surface area contributed by atoms with E-state index < -0.39 is 30.0 Å². The lowest BCUT2D eigenvalue weighted by Gasteiger charge is -2.27. The SMILES string of the molecule is CNC(=O)OCC1Cn2nc3c(c2C(=O)N(C)O1)CN(C(=O)Nc1ccc(F)c(Cl)c1)CC3. The molecule has 0 radical (unpaired) electrons. The van der Waals surface area contributed by atoms with E-state index in [0.29, 0.717) is 35.6 Å². The van der Waals surface area contributed by atoms with Crippen LogP contribution in [0.5, 0.6) is 0 Å². The number of hydrogen-bond acceptors (Lipinski definition) is 6. The molecule has 0 saturated carbocycles. The number of hydrogen-bond donors (Lipinski definition) is 2. The standard InChI is InChI=1S/C20H22ClFN6O5/c1-23-20(31)32-10-12-8-28-17(18(29)26(2)33-12)13-9-27(6-5-16(13)25-28)19(30)24-11-3-4-15(22)14(21)7-11/h3-4,7,12H,5-6,8-10H2,1-2H3,(H,23,31)(H,24,30). The Morgan fingerprint density at radius 1 is 1.39 bits per heavy atom. The van der Waals surface area contributed by atoms with Gasteiger partial charge in [-0.05, 0) is 18.2 Å². The maximum atomic E-state index is 13.4. The number of benzene rings is 1. The van der Waals surface area contributed by atoms with Crippen molar-refractivity contribution in [3.8, 4) is 0 Å². The summed E-state index contributed by atoms with van der Waals surface area (Å²) in [6.45, 7) is 0.657. The van der Waals surface area contributed by atoms with Crippen LogP contribution >= 0.6 is 11.6 Å². The monoisotopic (exact) mass is 480 g/mol. The molecule has 3 heterocycles. The maximum absolute atomic E-state index is 13.4. The number of nitrogens with zero attached hydrogens (tertiary/aromatic N) is 4. The number of rotatable bonds is 3. The molecule has 0 bridgehead atoms. The van der Waals surface area contributed by atoms with Crippen molar-refractivity contribution in [2.45, 2.75) is 25.6 Å². The molecular formula is C20H22ClFN6O5. The van der Waals surface area contributed by atoms with Gasteiger partial charge < -0.3 is 20.3 Å². The van der Waals surface area contributed by atoms with Gasteiger partial charge in [-0.15, -0.1) is 0 Å². The molecule has 176 valence electrons. The molecule has 1 aromatic carbocycles. The minimum absolute atomic E-state index is 0.0734. The summed E-state index contributed by atoms with van der Waals surface area (Å²) in [5.74, 6) is -0.998. The van der Waals surface area contributed by atoms with Gasteiger partial charge in [0, 0.05) is 38.3 Å². The summed E-state index contributed by atoms with van der Waals surface area (Å²) >= 11 is 5.78. The molecule has 11 nitrogen and oxygen atoms in total. The van der Waals surface area contributed by atoms with Gasteiger partial charge in [-0.25, -0.2) is 19.0 Å². The number of urea groups is 1. The van der Waals surface area contributed by atoms with Crippen LogP contribution in [0, 0.1) is 5.82 Å². The zero-order valence-electron chi connectivity index (χ0n) is 17.9. The quantitative estimate of drug-likeness (QED) is 0.694. The van der Waals surface area contributed by atoms with Crippen molar-refractivity contribution >= 4 is 35.3 Å². The first-order chi connectivity index (χ1) is 15.8. The number of carbonyl (C=O) groups is 3. The Morgan fingerprint density at radius 2 is 2.18 bits per heavy atom. The number of carbonyl (C=O) groups excluding carboxylic acids is 3. The zero-order valence-corrected chi connectivity index (χ0v) is 18.7. The molecule has 2 aliphatic heterocycles. The number of fused-ring (bicyclic) bond motifs is 3. The Morgan fingerprint density at radius 3 is 2.91 bits per heavy atom. The van der Waals surface area contributed by atoms with E-state index >= 15 is 0 Å². The Bertz CT molecular complexity index is 1110. The Hall–Kier alpha value is -3.38. The van der Waals surface area contributed by atoms with Crippen LogP contribution < -0.4 is 10.6 Å². The highest BCUT2D eigenvalue weighted by Crippen LogP contribution is 2.27. The lowest BCUT2D eigenvalue weighted by Crippen LogP contribution is -2.39. The fourth-order valence-electron chi connectivity index (χ4n) is 3.72. The molecule has 0 aliphatic carbocycles. The number of halogens is 2. The van der Waals surface area contributed by atoms with Crippen LogP contribution in [-0.2, 0) is 29.1 Å². The topological polar surface area (TPSA) is 118 Å². The molecule has 0 saturated heterocycles. The fraction of sp³-hybridized carbons (Fsp3) is 0.400. The first-order valence-electron chi connectivity index (χ1n) is 10.2. The van der Waals surface area contributed by atoms with Gasteiger partial charge in [0.1, 0.15) is 24.2 Å². The van der Waals surface area contributed by atoms with E-state index in [1.165, 1.54) is 41.9 Å². The number of aromatic nitrogens is 2. The van der Waals surface area contributed by atoms with Crippen molar-refractivity contribution in [3.05, 3.63) is 46.0 Å². The van der Waals surface area contributed by atoms with Crippen LogP contribution in [-0.4, -0.2) is 71.1 Å². The average molecular weight is 481 g/mol. The zero-order chi connectivity index (χ0) is 23.7. The lowest BCUT2D eigenvalue weighted by atomic mass is 10.1. The summed E-state index contributed by atoms with van der Waals surface area (Å²) in [6.07, 6.45) is -0.785. The summed E-state index contributed by atoms with van der Waals surface area (Å²) < 4.78 is 20.0. The molecule has 0 fully saturated rings. The van der Waals surface area contributed by atoms with Crippen molar-refractivity contribution in [1.29, 1.82) is 0 Å². The van der Waals surface area contributed by atoms with Gasteiger partial charge in [-0.3, -0.25) is 14.3 Å². The number of ether oxygens (including phenoxy) is 1. The first kappa shape index (κ1) is 22.8. The second-order valence-corrected chi connectivity index (χ2v) is 7.97. The van der Waals surface area contributed by atoms with E-state index in [1.807, 2.05) is 0 Å². The largest absolute Gasteiger partial charge is 0.447 e. The summed E-state index contributed by atoms with van der Waals surface area (Å²) in [5.41, 5.74) is 2.02. The van der Waals surface area contributed by atoms with Crippen molar-refractivity contribution in [2.24, 2.45) is 0 Å². The van der Waals surface area contributed by atoms with E-state index in [9.17, 15) is 18.8 Å². The maximum Gasteiger partial charge on any atom is 0.406 e. The Labute approximate surface area is 193 Å². The van der Waals surface area contributed by atoms with Crippen LogP contribution in [0.1, 0.15) is 21.7 Å². The highest BCUT2D eigenvalue weighted by Gasteiger charge is 2.35. The second kappa shape index (κ2) is 9.24. The van der Waals surface area contributed by atoms with Crippen LogP contribution in [0.2, 0.25) is 5.02 Å². The normalized spacial score (nSPS) is 17.7. The van der Waals surface area contributed by atoms with Crippen molar-refractivity contribution in [2.75, 3.05) is 32.6 Å². The summed E-state index contributed by atoms with van der Waals surface area (Å²) in [6, 6.07) is 3.50. The van der Waals surface area contributed by atoms with Crippen LogP contribution in [0.4, 0.5) is 19.7 Å². The summed E-state index contributed by atoms with van der Waals surface area (Å²) in [5, 5.41) is 10.6. The van der Waals surface area contributed by atoms with Gasteiger partial charge in [0.15, 0.2) is 0 Å². The predicted molar refractivity (Wildman–Crippen MR) is 114 cm³/mol. The lowest BCUT2D eigenvalue weighted by molar-refractivity contribution is -0.159. The van der Waals surface area contributed by atoms with Gasteiger partial charge in [0.2, 0.25) is 0 Å². The Kier molecular flexibility index (Phi) is 6.38. The molecule has 2 N–H and O–H groups in total. The average Bonchev–Trinajstić information content (AvgIpc) is 3.10. The van der Waals surface area contributed by atoms with Crippen molar-refractivity contribution in [3.63, 3.8) is 0 Å². The highest BCUT2D eigenvalue weighted by atomic mass is 35.5. The predicted octanol–water partition coefficient (Wildman–Crippen LogP) is 2.01. The summed E-state index contributed by atoms with van der Waals surface area (Å²) in [7, 11) is 2.91. The molecule has 1 unspecified atom stereocenters. The van der Waals surface area contributed by atoms with Crippen molar-refractivity contribution in [1.82, 2.24) is 25.1 Å². The molecule has 2 aromatic rings. The van der Waals surface area contributed by atoms with Crippen LogP contribution in [0.15, 0.2) is 18.2 Å². The molecule has 33 heavy (non-hydrogen) atoms. The first-order valence-corrected chi connectivity index (χ1v) is 10.5. The van der Waals surface area contributed by atoms with Crippen molar-refractivity contribution < 1.29 is 28.3 Å². The van der Waals surface area contributed by atoms with Crippen LogP contribution in [0.3, 0.4) is 0 Å². The summed E-state index contributed by atoms with van der Waals surface area (Å²) in [4.78, 5) is 44.3. The number of hydroxylamine groups is 2. The third-order valence-electron chi connectivity index (χ3n) is 5.34. The molecule has 13 heteroatoms. The van der Waals surface area contributed by atoms with Gasteiger partial charge in [0.05, 0.1) is 23.8 Å². The van der Waals surface area contributed by atoms with E-state index in [1.54, 1.807) is 0 Å². The molecular weight excluding hydrogens is 459 g/mol. The Balaban J connectivity index is 1.52. The molecule has 1 aromatic heterocycles. The third kappa shape index (κ3) is 4.71. The van der Waals surface area contributed by atoms with E-state index in [-0.39, 0.29) is 24.7 Å². The number of alkyl carbamates (subject to hydrolysis) is 1. The second-order valence-electron chi connectivity index (χ2n) is 7.57. The number of amides is 4. The van der Waals surface area contributed by atoms with E-state index in [0.717, 1.165) is 5.06 Å². The number of nitrogens with one attached hydrogen (secondary N) is 2. The van der Waals surface area contributed by atoms with Gasteiger partial charge in [0.25, 0.3) is 5.91 Å². The van der Waals surface area contributed by atoms with Crippen LogP contribution in [0.25, 0.3) is 0 Å². The molecule has 1 atom stereocenters. The number of anilines is 1.